The van der Waals surface area contributed by atoms with Crippen LogP contribution in [0.1, 0.15) is 33.3 Å². The standard InChI is InChI=1S/C19H18F2N2O2S/c1-5-23-17(25)15(9-11-6-7-13(20)14(21)8-11)26-18(23)12(10-22)16(24)19(2,3)4/h6-9H,5H2,1-4H3/b15-9+,18-12-. The molecule has 0 unspecified atom stereocenters. The summed E-state index contributed by atoms with van der Waals surface area (Å²) in [7, 11) is 0. The van der Waals surface area contributed by atoms with E-state index in [9.17, 15) is 23.6 Å². The Kier molecular flexibility index (Phi) is 5.57. The largest absolute Gasteiger partial charge is 0.298 e. The molecule has 1 aromatic carbocycles. The fourth-order valence-corrected chi connectivity index (χ4v) is 3.48. The van der Waals surface area contributed by atoms with E-state index >= 15 is 0 Å². The minimum atomic E-state index is -1.02. The summed E-state index contributed by atoms with van der Waals surface area (Å²) in [6.07, 6.45) is 1.42. The summed E-state index contributed by atoms with van der Waals surface area (Å²) in [6.45, 7) is 7.10. The van der Waals surface area contributed by atoms with Crippen molar-refractivity contribution in [2.75, 3.05) is 0 Å². The van der Waals surface area contributed by atoms with Gasteiger partial charge in [0.15, 0.2) is 17.4 Å². The molecule has 0 N–H and O–H groups in total. The van der Waals surface area contributed by atoms with E-state index in [0.717, 1.165) is 23.5 Å². The Balaban J connectivity index is 2.82. The Morgan fingerprint density at radius 3 is 2.46 bits per heavy atom. The van der Waals surface area contributed by atoms with Crippen molar-refractivity contribution >= 4 is 28.8 Å². The lowest BCUT2D eigenvalue weighted by molar-refractivity contribution is -0.120. The van der Waals surface area contributed by atoms with Crippen molar-refractivity contribution in [1.82, 2.24) is 4.57 Å². The average Bonchev–Trinajstić information content (AvgIpc) is 2.86. The quantitative estimate of drug-likeness (QED) is 0.826. The molecule has 7 heteroatoms. The van der Waals surface area contributed by atoms with Crippen molar-refractivity contribution < 1.29 is 13.6 Å². The van der Waals surface area contributed by atoms with Gasteiger partial charge in [-0.25, -0.2) is 8.78 Å². The predicted octanol–water partition coefficient (Wildman–Crippen LogP) is 2.33. The van der Waals surface area contributed by atoms with E-state index in [0.29, 0.717) is 5.56 Å². The first-order chi connectivity index (χ1) is 12.1. The van der Waals surface area contributed by atoms with Gasteiger partial charge in [-0.05, 0) is 30.7 Å². The van der Waals surface area contributed by atoms with Gasteiger partial charge in [-0.1, -0.05) is 26.8 Å². The number of hydrogen-bond donors (Lipinski definition) is 0. The maximum atomic E-state index is 13.4. The van der Waals surface area contributed by atoms with Crippen molar-refractivity contribution in [3.8, 4) is 6.07 Å². The lowest BCUT2D eigenvalue weighted by atomic mass is 9.87. The first-order valence-corrected chi connectivity index (χ1v) is 8.77. The molecule has 0 aliphatic rings. The van der Waals surface area contributed by atoms with E-state index in [1.807, 2.05) is 6.07 Å². The number of ketones is 1. The Labute approximate surface area is 153 Å². The number of carbonyl (C=O) groups excluding carboxylic acids is 1. The molecule has 0 atom stereocenters. The molecule has 0 amide bonds. The first kappa shape index (κ1) is 19.7. The van der Waals surface area contributed by atoms with Gasteiger partial charge in [0.1, 0.15) is 16.3 Å². The van der Waals surface area contributed by atoms with Crippen molar-refractivity contribution in [1.29, 1.82) is 5.26 Å². The molecule has 0 saturated carbocycles. The van der Waals surface area contributed by atoms with Gasteiger partial charge in [0.05, 0.1) is 4.53 Å². The summed E-state index contributed by atoms with van der Waals surface area (Å²) < 4.78 is 28.3. The van der Waals surface area contributed by atoms with Gasteiger partial charge in [0.25, 0.3) is 5.56 Å². The zero-order chi connectivity index (χ0) is 19.6. The number of halogens is 2. The van der Waals surface area contributed by atoms with Crippen molar-refractivity contribution in [3.63, 3.8) is 0 Å². The summed E-state index contributed by atoms with van der Waals surface area (Å²) in [5.41, 5.74) is -0.913. The van der Waals surface area contributed by atoms with Crippen LogP contribution in [-0.4, -0.2) is 10.4 Å². The van der Waals surface area contributed by atoms with Gasteiger partial charge in [-0.2, -0.15) is 5.26 Å². The zero-order valence-electron chi connectivity index (χ0n) is 14.9. The van der Waals surface area contributed by atoms with Crippen LogP contribution in [0.5, 0.6) is 0 Å². The Bertz CT molecular complexity index is 1080. The molecule has 0 saturated heterocycles. The number of nitrogens with zero attached hydrogens (tertiary/aromatic N) is 2. The normalized spacial score (nSPS) is 13.5. The van der Waals surface area contributed by atoms with Crippen LogP contribution in [0.25, 0.3) is 11.6 Å². The number of benzene rings is 1. The third-order valence-corrected chi connectivity index (χ3v) is 4.83. The molecule has 0 fully saturated rings. The number of thiazole rings is 1. The Hall–Kier alpha value is -2.59. The fourth-order valence-electron chi connectivity index (χ4n) is 2.32. The van der Waals surface area contributed by atoms with Crippen LogP contribution in [0.15, 0.2) is 23.0 Å². The topological polar surface area (TPSA) is 62.9 Å². The van der Waals surface area contributed by atoms with Gasteiger partial charge in [0, 0.05) is 12.0 Å². The highest BCUT2D eigenvalue weighted by Gasteiger charge is 2.27. The Morgan fingerprint density at radius 2 is 1.96 bits per heavy atom. The van der Waals surface area contributed by atoms with Gasteiger partial charge >= 0.3 is 0 Å². The van der Waals surface area contributed by atoms with Crippen molar-refractivity contribution in [2.24, 2.45) is 5.41 Å². The minimum absolute atomic E-state index is 0.0774. The summed E-state index contributed by atoms with van der Waals surface area (Å²) in [4.78, 5) is 25.2. The van der Waals surface area contributed by atoms with E-state index in [4.69, 9.17) is 0 Å². The van der Waals surface area contributed by atoms with Crippen molar-refractivity contribution in [2.45, 2.75) is 34.2 Å². The van der Waals surface area contributed by atoms with E-state index in [1.165, 1.54) is 16.7 Å². The maximum absolute atomic E-state index is 13.4. The SMILES string of the molecule is CCn1c(=O)/c(=C\c2ccc(F)c(F)c2)s/c1=C(/C#N)C(=O)C(C)(C)C. The first-order valence-electron chi connectivity index (χ1n) is 7.95. The molecule has 0 aliphatic heterocycles. The summed E-state index contributed by atoms with van der Waals surface area (Å²) in [6, 6.07) is 5.23. The van der Waals surface area contributed by atoms with Crippen LogP contribution in [0.3, 0.4) is 0 Å². The molecule has 2 aromatic rings. The molecular formula is C19H18F2N2O2S. The molecule has 4 nitrogen and oxygen atoms in total. The predicted molar refractivity (Wildman–Crippen MR) is 96.9 cm³/mol. The van der Waals surface area contributed by atoms with Crippen LogP contribution in [0.4, 0.5) is 8.78 Å². The number of Topliss-reactive ketones (excluding diaryl/α,β-unsaturated/α-hetero) is 1. The van der Waals surface area contributed by atoms with Crippen LogP contribution in [0, 0.1) is 28.4 Å². The van der Waals surface area contributed by atoms with Gasteiger partial charge < -0.3 is 0 Å². The maximum Gasteiger partial charge on any atom is 0.269 e. The van der Waals surface area contributed by atoms with Gasteiger partial charge in [0.2, 0.25) is 0 Å². The number of rotatable bonds is 3. The molecule has 0 spiro atoms. The van der Waals surface area contributed by atoms with E-state index in [2.05, 4.69) is 0 Å². The number of nitriles is 1. The molecule has 2 rings (SSSR count). The molecule has 26 heavy (non-hydrogen) atoms. The highest BCUT2D eigenvalue weighted by atomic mass is 32.1. The summed E-state index contributed by atoms with van der Waals surface area (Å²) in [5, 5.41) is 9.47. The number of hydrogen-bond acceptors (Lipinski definition) is 4. The monoisotopic (exact) mass is 376 g/mol. The van der Waals surface area contributed by atoms with E-state index < -0.39 is 17.0 Å². The van der Waals surface area contributed by atoms with Gasteiger partial charge in [-0.15, -0.1) is 11.3 Å². The second kappa shape index (κ2) is 7.34. The van der Waals surface area contributed by atoms with Crippen LogP contribution < -0.4 is 14.8 Å². The van der Waals surface area contributed by atoms with Crippen LogP contribution in [0.2, 0.25) is 0 Å². The second-order valence-corrected chi connectivity index (χ2v) is 7.74. The van der Waals surface area contributed by atoms with Crippen LogP contribution in [-0.2, 0) is 11.3 Å². The van der Waals surface area contributed by atoms with Gasteiger partial charge in [-0.3, -0.25) is 14.2 Å². The highest BCUT2D eigenvalue weighted by molar-refractivity contribution is 7.07. The summed E-state index contributed by atoms with van der Waals surface area (Å²) in [5.74, 6) is -2.35. The molecule has 0 bridgehead atoms. The Morgan fingerprint density at radius 1 is 1.31 bits per heavy atom. The third-order valence-electron chi connectivity index (χ3n) is 3.70. The molecule has 136 valence electrons. The fraction of sp³-hybridized carbons (Fsp3) is 0.316. The zero-order valence-corrected chi connectivity index (χ0v) is 15.7. The molecule has 1 aromatic heterocycles. The number of aromatic nitrogens is 1. The lowest BCUT2D eigenvalue weighted by Gasteiger charge is -2.15. The molecule has 1 heterocycles. The molecule has 0 radical (unpaired) electrons. The third kappa shape index (κ3) is 3.81. The lowest BCUT2D eigenvalue weighted by Crippen LogP contribution is -2.33. The van der Waals surface area contributed by atoms with E-state index in [1.54, 1.807) is 27.7 Å². The molecule has 0 aliphatic carbocycles. The number of carbonyl (C=O) groups is 1. The second-order valence-electron chi connectivity index (χ2n) is 6.70. The summed E-state index contributed by atoms with van der Waals surface area (Å²) >= 11 is 0.991. The van der Waals surface area contributed by atoms with Crippen molar-refractivity contribution in [3.05, 3.63) is 54.9 Å². The minimum Gasteiger partial charge on any atom is -0.298 e. The molecular weight excluding hydrogens is 358 g/mol. The smallest absolute Gasteiger partial charge is 0.269 e. The average molecular weight is 376 g/mol. The van der Waals surface area contributed by atoms with E-state index in [-0.39, 0.29) is 32.7 Å². The van der Waals surface area contributed by atoms with Crippen LogP contribution >= 0.6 is 11.3 Å². The highest BCUT2D eigenvalue weighted by Crippen LogP contribution is 2.19.